The minimum atomic E-state index is -3.54. The third kappa shape index (κ3) is 3.59. The first-order chi connectivity index (χ1) is 9.63. The molecule has 4 nitrogen and oxygen atoms in total. The number of hydrogen-bond donors (Lipinski definition) is 2. The van der Waals surface area contributed by atoms with Crippen molar-refractivity contribution in [2.45, 2.75) is 18.4 Å². The Labute approximate surface area is 119 Å². The summed E-state index contributed by atoms with van der Waals surface area (Å²) in [6.45, 7) is 3.47. The second-order valence-corrected chi connectivity index (χ2v) is 6.04. The molecule has 0 aromatic heterocycles. The van der Waals surface area contributed by atoms with Crippen LogP contribution in [0.2, 0.25) is 0 Å². The molecule has 0 aliphatic rings. The Bertz CT molecular complexity index is 655. The maximum absolute atomic E-state index is 12.3. The fourth-order valence-corrected chi connectivity index (χ4v) is 2.96. The van der Waals surface area contributed by atoms with Gasteiger partial charge in [0.2, 0.25) is 0 Å². The number of rotatable bonds is 6. The summed E-state index contributed by atoms with van der Waals surface area (Å²) in [5, 5.41) is 3.20. The van der Waals surface area contributed by atoms with Crippen molar-refractivity contribution in [2.24, 2.45) is 0 Å². The van der Waals surface area contributed by atoms with Crippen LogP contribution in [0.3, 0.4) is 0 Å². The largest absolute Gasteiger partial charge is 0.313 e. The van der Waals surface area contributed by atoms with Crippen LogP contribution in [-0.2, 0) is 16.6 Å². The first-order valence-electron chi connectivity index (χ1n) is 6.50. The SMILES string of the molecule is CCNCc1ccccc1NS(=O)(=O)c1ccccc1. The van der Waals surface area contributed by atoms with Gasteiger partial charge in [-0.15, -0.1) is 0 Å². The van der Waals surface area contributed by atoms with E-state index >= 15 is 0 Å². The Balaban J connectivity index is 2.26. The zero-order valence-electron chi connectivity index (χ0n) is 11.3. The molecular weight excluding hydrogens is 272 g/mol. The summed E-state index contributed by atoms with van der Waals surface area (Å²) >= 11 is 0. The highest BCUT2D eigenvalue weighted by Gasteiger charge is 2.14. The van der Waals surface area contributed by atoms with Crippen LogP contribution in [0.25, 0.3) is 0 Å². The number of para-hydroxylation sites is 1. The highest BCUT2D eigenvalue weighted by molar-refractivity contribution is 7.92. The van der Waals surface area contributed by atoms with Gasteiger partial charge in [0.05, 0.1) is 10.6 Å². The van der Waals surface area contributed by atoms with Crippen molar-refractivity contribution < 1.29 is 8.42 Å². The highest BCUT2D eigenvalue weighted by atomic mass is 32.2. The van der Waals surface area contributed by atoms with Crippen LogP contribution in [0.5, 0.6) is 0 Å². The molecular formula is C15H18N2O2S. The average molecular weight is 290 g/mol. The van der Waals surface area contributed by atoms with E-state index in [-0.39, 0.29) is 4.90 Å². The van der Waals surface area contributed by atoms with E-state index in [4.69, 9.17) is 0 Å². The zero-order valence-corrected chi connectivity index (χ0v) is 12.2. The molecule has 0 aliphatic carbocycles. The van der Waals surface area contributed by atoms with Crippen LogP contribution >= 0.6 is 0 Å². The molecule has 106 valence electrons. The Morgan fingerprint density at radius 2 is 1.60 bits per heavy atom. The van der Waals surface area contributed by atoms with E-state index in [0.717, 1.165) is 12.1 Å². The molecule has 0 saturated carbocycles. The van der Waals surface area contributed by atoms with Crippen LogP contribution in [0.15, 0.2) is 59.5 Å². The second kappa shape index (κ2) is 6.54. The van der Waals surface area contributed by atoms with Gasteiger partial charge < -0.3 is 5.32 Å². The summed E-state index contributed by atoms with van der Waals surface area (Å²) in [5.74, 6) is 0. The molecule has 0 unspecified atom stereocenters. The Hall–Kier alpha value is -1.85. The lowest BCUT2D eigenvalue weighted by molar-refractivity contribution is 0.601. The molecule has 0 fully saturated rings. The van der Waals surface area contributed by atoms with Crippen molar-refractivity contribution in [1.82, 2.24) is 5.32 Å². The van der Waals surface area contributed by atoms with Gasteiger partial charge in [-0.3, -0.25) is 4.72 Å². The summed E-state index contributed by atoms with van der Waals surface area (Å²) in [6, 6.07) is 15.8. The molecule has 2 aromatic carbocycles. The van der Waals surface area contributed by atoms with Gasteiger partial charge in [-0.25, -0.2) is 8.42 Å². The molecule has 20 heavy (non-hydrogen) atoms. The molecule has 0 amide bonds. The van der Waals surface area contributed by atoms with E-state index in [9.17, 15) is 8.42 Å². The Morgan fingerprint density at radius 1 is 0.950 bits per heavy atom. The van der Waals surface area contributed by atoms with E-state index in [1.165, 1.54) is 0 Å². The molecule has 0 heterocycles. The van der Waals surface area contributed by atoms with Crippen LogP contribution in [-0.4, -0.2) is 15.0 Å². The first-order valence-corrected chi connectivity index (χ1v) is 7.98. The van der Waals surface area contributed by atoms with Crippen molar-refractivity contribution in [3.05, 3.63) is 60.2 Å². The van der Waals surface area contributed by atoms with Crippen LogP contribution in [0.1, 0.15) is 12.5 Å². The lowest BCUT2D eigenvalue weighted by atomic mass is 10.2. The van der Waals surface area contributed by atoms with Gasteiger partial charge in [0.25, 0.3) is 10.0 Å². The van der Waals surface area contributed by atoms with E-state index < -0.39 is 10.0 Å². The van der Waals surface area contributed by atoms with Crippen molar-refractivity contribution in [3.63, 3.8) is 0 Å². The topological polar surface area (TPSA) is 58.2 Å². The molecule has 0 bridgehead atoms. The lowest BCUT2D eigenvalue weighted by Crippen LogP contribution is -2.17. The summed E-state index contributed by atoms with van der Waals surface area (Å²) < 4.78 is 27.2. The zero-order chi connectivity index (χ0) is 14.4. The number of anilines is 1. The van der Waals surface area contributed by atoms with Gasteiger partial charge in [-0.1, -0.05) is 43.3 Å². The number of hydrogen-bond acceptors (Lipinski definition) is 3. The second-order valence-electron chi connectivity index (χ2n) is 4.36. The van der Waals surface area contributed by atoms with Crippen molar-refractivity contribution in [1.29, 1.82) is 0 Å². The fraction of sp³-hybridized carbons (Fsp3) is 0.200. The summed E-state index contributed by atoms with van der Waals surface area (Å²) in [7, 11) is -3.54. The van der Waals surface area contributed by atoms with Crippen molar-refractivity contribution >= 4 is 15.7 Å². The van der Waals surface area contributed by atoms with E-state index in [0.29, 0.717) is 12.2 Å². The minimum Gasteiger partial charge on any atom is -0.313 e. The third-order valence-corrected chi connectivity index (χ3v) is 4.26. The van der Waals surface area contributed by atoms with Crippen LogP contribution in [0, 0.1) is 0 Å². The molecule has 2 aromatic rings. The third-order valence-electron chi connectivity index (χ3n) is 2.88. The summed E-state index contributed by atoms with van der Waals surface area (Å²) in [5.41, 5.74) is 1.53. The minimum absolute atomic E-state index is 0.262. The average Bonchev–Trinajstić information content (AvgIpc) is 2.47. The summed E-state index contributed by atoms with van der Waals surface area (Å²) in [4.78, 5) is 0.262. The monoisotopic (exact) mass is 290 g/mol. The molecule has 5 heteroatoms. The number of nitrogens with one attached hydrogen (secondary N) is 2. The van der Waals surface area contributed by atoms with Crippen molar-refractivity contribution in [2.75, 3.05) is 11.3 Å². The predicted octanol–water partition coefficient (Wildman–Crippen LogP) is 2.60. The maximum atomic E-state index is 12.3. The van der Waals surface area contributed by atoms with Crippen LogP contribution in [0.4, 0.5) is 5.69 Å². The molecule has 0 atom stereocenters. The van der Waals surface area contributed by atoms with Gasteiger partial charge in [0.15, 0.2) is 0 Å². The van der Waals surface area contributed by atoms with Crippen LogP contribution < -0.4 is 10.0 Å². The maximum Gasteiger partial charge on any atom is 0.261 e. The van der Waals surface area contributed by atoms with Gasteiger partial charge in [0.1, 0.15) is 0 Å². The molecule has 0 saturated heterocycles. The fourth-order valence-electron chi connectivity index (χ4n) is 1.84. The van der Waals surface area contributed by atoms with Gasteiger partial charge >= 0.3 is 0 Å². The van der Waals surface area contributed by atoms with Gasteiger partial charge in [-0.2, -0.15) is 0 Å². The first kappa shape index (κ1) is 14.6. The van der Waals surface area contributed by atoms with E-state index in [2.05, 4.69) is 10.0 Å². The normalized spacial score (nSPS) is 11.2. The van der Waals surface area contributed by atoms with Gasteiger partial charge in [0, 0.05) is 6.54 Å². The predicted molar refractivity (Wildman–Crippen MR) is 81.1 cm³/mol. The quantitative estimate of drug-likeness (QED) is 0.859. The van der Waals surface area contributed by atoms with E-state index in [1.54, 1.807) is 36.4 Å². The van der Waals surface area contributed by atoms with Crippen molar-refractivity contribution in [3.8, 4) is 0 Å². The molecule has 2 N–H and O–H groups in total. The lowest BCUT2D eigenvalue weighted by Gasteiger charge is -2.12. The molecule has 0 spiro atoms. The Kier molecular flexibility index (Phi) is 4.76. The summed E-state index contributed by atoms with van der Waals surface area (Å²) in [6.07, 6.45) is 0. The standard InChI is InChI=1S/C15H18N2O2S/c1-2-16-12-13-8-6-7-11-15(13)17-20(18,19)14-9-4-3-5-10-14/h3-11,16-17H,2,12H2,1H3. The smallest absolute Gasteiger partial charge is 0.261 e. The van der Waals surface area contributed by atoms with E-state index in [1.807, 2.05) is 25.1 Å². The Morgan fingerprint density at radius 3 is 2.30 bits per heavy atom. The highest BCUT2D eigenvalue weighted by Crippen LogP contribution is 2.19. The van der Waals surface area contributed by atoms with Gasteiger partial charge in [-0.05, 0) is 30.3 Å². The molecule has 2 rings (SSSR count). The number of benzene rings is 2. The molecule has 0 aliphatic heterocycles. The number of sulfonamides is 1. The molecule has 0 radical (unpaired) electrons.